The number of benzene rings is 2. The zero-order chi connectivity index (χ0) is 21.9. The Morgan fingerprint density at radius 3 is 2.53 bits per heavy atom. The van der Waals surface area contributed by atoms with E-state index >= 15 is 0 Å². The average molecular weight is 421 g/mol. The highest BCUT2D eigenvalue weighted by Crippen LogP contribution is 2.21. The molecule has 2 aromatic carbocycles. The van der Waals surface area contributed by atoms with E-state index in [4.69, 9.17) is 0 Å². The number of hydrogen-bond donors (Lipinski definition) is 2. The van der Waals surface area contributed by atoms with Crippen molar-refractivity contribution in [2.24, 2.45) is 0 Å². The molecule has 0 unspecified atom stereocenters. The SMILES string of the molecule is Cc1nc(Nc2ccc(NC(=O)c3nccc4ccccc34)cc2)cc(-n2cccn2)n1. The Hall–Kier alpha value is -4.59. The molecule has 3 heterocycles. The van der Waals surface area contributed by atoms with Crippen LogP contribution in [0.4, 0.5) is 17.2 Å². The standard InChI is InChI=1S/C24H19N7O/c1-16-27-21(15-22(28-16)31-14-4-12-26-31)29-18-7-9-19(10-8-18)30-24(32)23-20-6-3-2-5-17(20)11-13-25-23/h2-15H,1H3,(H,30,32)(H,27,28,29). The van der Waals surface area contributed by atoms with Gasteiger partial charge in [0.1, 0.15) is 17.3 Å². The van der Waals surface area contributed by atoms with E-state index in [2.05, 4.69) is 30.7 Å². The summed E-state index contributed by atoms with van der Waals surface area (Å²) in [5.41, 5.74) is 1.90. The van der Waals surface area contributed by atoms with Crippen molar-refractivity contribution in [2.45, 2.75) is 6.92 Å². The Morgan fingerprint density at radius 2 is 1.72 bits per heavy atom. The molecule has 0 aliphatic rings. The summed E-state index contributed by atoms with van der Waals surface area (Å²) in [5, 5.41) is 12.2. The molecule has 32 heavy (non-hydrogen) atoms. The summed E-state index contributed by atoms with van der Waals surface area (Å²) in [7, 11) is 0. The highest BCUT2D eigenvalue weighted by molar-refractivity contribution is 6.11. The molecule has 0 fully saturated rings. The van der Waals surface area contributed by atoms with Crippen LogP contribution in [0.5, 0.6) is 0 Å². The van der Waals surface area contributed by atoms with Gasteiger partial charge < -0.3 is 10.6 Å². The third kappa shape index (κ3) is 4.01. The van der Waals surface area contributed by atoms with Crippen molar-refractivity contribution in [3.8, 4) is 5.82 Å². The number of rotatable bonds is 5. The number of aryl methyl sites for hydroxylation is 1. The molecule has 1 amide bonds. The fourth-order valence-corrected chi connectivity index (χ4v) is 3.41. The van der Waals surface area contributed by atoms with Gasteiger partial charge in [-0.15, -0.1) is 0 Å². The smallest absolute Gasteiger partial charge is 0.274 e. The summed E-state index contributed by atoms with van der Waals surface area (Å²) in [4.78, 5) is 25.9. The summed E-state index contributed by atoms with van der Waals surface area (Å²) < 4.78 is 1.68. The van der Waals surface area contributed by atoms with Gasteiger partial charge in [0.05, 0.1) is 0 Å². The number of fused-ring (bicyclic) bond motifs is 1. The van der Waals surface area contributed by atoms with Crippen molar-refractivity contribution in [3.63, 3.8) is 0 Å². The fourth-order valence-electron chi connectivity index (χ4n) is 3.41. The Labute approximate surface area is 184 Å². The molecule has 0 saturated carbocycles. The lowest BCUT2D eigenvalue weighted by molar-refractivity contribution is 0.102. The number of carbonyl (C=O) groups excluding carboxylic acids is 1. The maximum absolute atomic E-state index is 12.8. The molecule has 8 heteroatoms. The largest absolute Gasteiger partial charge is 0.340 e. The van der Waals surface area contributed by atoms with Gasteiger partial charge in [0.15, 0.2) is 5.82 Å². The Balaban J connectivity index is 1.32. The van der Waals surface area contributed by atoms with Gasteiger partial charge in [-0.2, -0.15) is 5.10 Å². The van der Waals surface area contributed by atoms with Crippen LogP contribution in [0.15, 0.2) is 85.3 Å². The van der Waals surface area contributed by atoms with Gasteiger partial charge in [-0.05, 0) is 48.7 Å². The van der Waals surface area contributed by atoms with Crippen LogP contribution < -0.4 is 10.6 Å². The molecular formula is C24H19N7O. The van der Waals surface area contributed by atoms with Gasteiger partial charge in [0, 0.05) is 41.4 Å². The number of anilines is 3. The van der Waals surface area contributed by atoms with Crippen molar-refractivity contribution in [1.82, 2.24) is 24.7 Å². The van der Waals surface area contributed by atoms with Crippen LogP contribution in [0.1, 0.15) is 16.3 Å². The van der Waals surface area contributed by atoms with E-state index in [9.17, 15) is 4.79 Å². The van der Waals surface area contributed by atoms with Gasteiger partial charge in [-0.1, -0.05) is 24.3 Å². The minimum atomic E-state index is -0.252. The topological polar surface area (TPSA) is 97.6 Å². The lowest BCUT2D eigenvalue weighted by Crippen LogP contribution is -2.14. The van der Waals surface area contributed by atoms with Gasteiger partial charge >= 0.3 is 0 Å². The summed E-state index contributed by atoms with van der Waals surface area (Å²) in [6.45, 7) is 1.83. The van der Waals surface area contributed by atoms with E-state index in [0.29, 0.717) is 28.8 Å². The Morgan fingerprint density at radius 1 is 0.906 bits per heavy atom. The van der Waals surface area contributed by atoms with Crippen molar-refractivity contribution < 1.29 is 4.79 Å². The van der Waals surface area contributed by atoms with Crippen LogP contribution in [0.2, 0.25) is 0 Å². The number of hydrogen-bond acceptors (Lipinski definition) is 6. The van der Waals surface area contributed by atoms with Crippen LogP contribution in [0, 0.1) is 6.92 Å². The van der Waals surface area contributed by atoms with E-state index in [1.165, 1.54) is 0 Å². The van der Waals surface area contributed by atoms with E-state index in [0.717, 1.165) is 16.5 Å². The maximum atomic E-state index is 12.8. The summed E-state index contributed by atoms with van der Waals surface area (Å²) in [5.74, 6) is 1.71. The summed E-state index contributed by atoms with van der Waals surface area (Å²) in [6.07, 6.45) is 5.17. The van der Waals surface area contributed by atoms with E-state index in [1.807, 2.05) is 79.9 Å². The molecule has 3 aromatic heterocycles. The molecular weight excluding hydrogens is 402 g/mol. The second-order valence-corrected chi connectivity index (χ2v) is 7.15. The van der Waals surface area contributed by atoms with Crippen LogP contribution in [-0.4, -0.2) is 30.6 Å². The van der Waals surface area contributed by atoms with Crippen molar-refractivity contribution in [3.05, 3.63) is 96.8 Å². The van der Waals surface area contributed by atoms with Crippen LogP contribution in [0.25, 0.3) is 16.6 Å². The normalized spacial score (nSPS) is 10.8. The maximum Gasteiger partial charge on any atom is 0.274 e. The molecule has 0 aliphatic heterocycles. The molecule has 8 nitrogen and oxygen atoms in total. The van der Waals surface area contributed by atoms with E-state index < -0.39 is 0 Å². The molecule has 0 saturated heterocycles. The highest BCUT2D eigenvalue weighted by Gasteiger charge is 2.12. The monoisotopic (exact) mass is 421 g/mol. The first-order valence-corrected chi connectivity index (χ1v) is 10.0. The lowest BCUT2D eigenvalue weighted by Gasteiger charge is -2.10. The number of amides is 1. The predicted octanol–water partition coefficient (Wildman–Crippen LogP) is 4.51. The molecule has 5 aromatic rings. The van der Waals surface area contributed by atoms with Gasteiger partial charge in [-0.25, -0.2) is 14.6 Å². The van der Waals surface area contributed by atoms with Crippen LogP contribution >= 0.6 is 0 Å². The Kier molecular flexibility index (Phi) is 5.01. The quantitative estimate of drug-likeness (QED) is 0.433. The molecule has 0 spiro atoms. The number of nitrogens with one attached hydrogen (secondary N) is 2. The first-order chi connectivity index (χ1) is 15.7. The first-order valence-electron chi connectivity index (χ1n) is 10.0. The molecule has 5 rings (SSSR count). The predicted molar refractivity (Wildman–Crippen MR) is 123 cm³/mol. The zero-order valence-electron chi connectivity index (χ0n) is 17.2. The zero-order valence-corrected chi connectivity index (χ0v) is 17.2. The van der Waals surface area contributed by atoms with Crippen LogP contribution in [0.3, 0.4) is 0 Å². The number of carbonyl (C=O) groups is 1. The number of aromatic nitrogens is 5. The first kappa shape index (κ1) is 19.4. The lowest BCUT2D eigenvalue weighted by atomic mass is 10.1. The second kappa shape index (κ2) is 8.27. The molecule has 0 aliphatic carbocycles. The fraction of sp³-hybridized carbons (Fsp3) is 0.0417. The number of pyridine rings is 1. The van der Waals surface area contributed by atoms with Gasteiger partial charge in [-0.3, -0.25) is 9.78 Å². The Bertz CT molecular complexity index is 1390. The molecule has 2 N–H and O–H groups in total. The van der Waals surface area contributed by atoms with Crippen molar-refractivity contribution in [1.29, 1.82) is 0 Å². The van der Waals surface area contributed by atoms with E-state index in [1.54, 1.807) is 17.1 Å². The highest BCUT2D eigenvalue weighted by atomic mass is 16.1. The van der Waals surface area contributed by atoms with Gasteiger partial charge in [0.2, 0.25) is 0 Å². The summed E-state index contributed by atoms with van der Waals surface area (Å²) in [6, 6.07) is 20.6. The molecule has 0 bridgehead atoms. The minimum Gasteiger partial charge on any atom is -0.340 e. The minimum absolute atomic E-state index is 0.252. The van der Waals surface area contributed by atoms with Gasteiger partial charge in [0.25, 0.3) is 5.91 Å². The molecule has 0 radical (unpaired) electrons. The molecule has 156 valence electrons. The van der Waals surface area contributed by atoms with Crippen LogP contribution in [-0.2, 0) is 0 Å². The van der Waals surface area contributed by atoms with Crippen molar-refractivity contribution >= 4 is 33.9 Å². The molecule has 0 atom stereocenters. The third-order valence-electron chi connectivity index (χ3n) is 4.87. The van der Waals surface area contributed by atoms with E-state index in [-0.39, 0.29) is 5.91 Å². The second-order valence-electron chi connectivity index (χ2n) is 7.15. The number of nitrogens with zero attached hydrogens (tertiary/aromatic N) is 5. The van der Waals surface area contributed by atoms with Crippen molar-refractivity contribution in [2.75, 3.05) is 10.6 Å². The average Bonchev–Trinajstić information content (AvgIpc) is 3.35. The third-order valence-corrected chi connectivity index (χ3v) is 4.87. The summed E-state index contributed by atoms with van der Waals surface area (Å²) >= 11 is 0.